The van der Waals surface area contributed by atoms with Crippen molar-refractivity contribution in [2.75, 3.05) is 9.80 Å². The second-order valence-electron chi connectivity index (χ2n) is 22.5. The van der Waals surface area contributed by atoms with Crippen LogP contribution in [0.15, 0.2) is 303 Å². The van der Waals surface area contributed by atoms with Crippen LogP contribution in [0.4, 0.5) is 34.1 Å². The molecule has 2 aliphatic rings. The minimum atomic E-state index is -0.543. The van der Waals surface area contributed by atoms with Crippen molar-refractivity contribution >= 4 is 66.4 Å². The van der Waals surface area contributed by atoms with Gasteiger partial charge in [-0.2, -0.15) is 0 Å². The fourth-order valence-electron chi connectivity index (χ4n) is 14.7. The lowest BCUT2D eigenvalue weighted by Crippen LogP contribution is -2.28. The molecule has 0 bridgehead atoms. The number of hydrogen-bond acceptors (Lipinski definition) is 2. The molecule has 0 N–H and O–H groups in total. The number of aryl methyl sites for hydroxylation is 2. The van der Waals surface area contributed by atoms with Crippen LogP contribution >= 0.6 is 0 Å². The lowest BCUT2D eigenvalue weighted by atomic mass is 9.67. The summed E-state index contributed by atoms with van der Waals surface area (Å²) in [6, 6.07) is 114. The van der Waals surface area contributed by atoms with Gasteiger partial charge >= 0.3 is 0 Å². The Kier molecular flexibility index (Phi) is 10.9. The summed E-state index contributed by atoms with van der Waals surface area (Å²) < 4.78 is 0. The van der Waals surface area contributed by atoms with Crippen LogP contribution in [0.3, 0.4) is 0 Å². The maximum Gasteiger partial charge on any atom is 0.0714 e. The third-order valence-corrected chi connectivity index (χ3v) is 18.0. The Bertz CT molecular complexity index is 4410. The van der Waals surface area contributed by atoms with Crippen LogP contribution in [0.1, 0.15) is 55.6 Å². The largest absolute Gasteiger partial charge is 0.310 e. The molecule has 386 valence electrons. The van der Waals surface area contributed by atoms with Crippen molar-refractivity contribution < 1.29 is 0 Å². The van der Waals surface area contributed by atoms with Gasteiger partial charge in [-0.05, 0) is 174 Å². The number of rotatable bonds is 10. The Morgan fingerprint density at radius 2 is 0.549 bits per heavy atom. The number of anilines is 6. The van der Waals surface area contributed by atoms with E-state index in [1.54, 1.807) is 0 Å². The topological polar surface area (TPSA) is 6.48 Å². The van der Waals surface area contributed by atoms with Crippen LogP contribution in [-0.4, -0.2) is 0 Å². The van der Waals surface area contributed by atoms with Crippen molar-refractivity contribution in [1.82, 2.24) is 0 Å². The highest BCUT2D eigenvalue weighted by Gasteiger charge is 2.47. The smallest absolute Gasteiger partial charge is 0.0714 e. The molecule has 14 aromatic rings. The minimum absolute atomic E-state index is 0.543. The Balaban J connectivity index is 0.909. The first kappa shape index (κ1) is 47.7. The third kappa shape index (κ3) is 6.95. The van der Waals surface area contributed by atoms with Gasteiger partial charge in [0.25, 0.3) is 0 Å². The quantitative estimate of drug-likeness (QED) is 0.126. The molecule has 14 aromatic carbocycles. The highest BCUT2D eigenvalue weighted by atomic mass is 15.2. The maximum absolute atomic E-state index is 2.50. The van der Waals surface area contributed by atoms with E-state index in [0.29, 0.717) is 0 Å². The van der Waals surface area contributed by atoms with Crippen molar-refractivity contribution in [3.63, 3.8) is 0 Å². The highest BCUT2D eigenvalue weighted by Crippen LogP contribution is 2.59. The zero-order valence-corrected chi connectivity index (χ0v) is 45.8. The molecule has 0 fully saturated rings. The molecule has 0 radical (unpaired) electrons. The molecule has 82 heavy (non-hydrogen) atoms. The fourth-order valence-corrected chi connectivity index (χ4v) is 14.7. The van der Waals surface area contributed by atoms with E-state index in [2.05, 4.69) is 327 Å². The van der Waals surface area contributed by atoms with Gasteiger partial charge in [-0.15, -0.1) is 0 Å². The van der Waals surface area contributed by atoms with Crippen molar-refractivity contribution in [2.24, 2.45) is 0 Å². The molecule has 0 saturated carbocycles. The van der Waals surface area contributed by atoms with Gasteiger partial charge in [-0.3, -0.25) is 0 Å². The molecule has 2 heteroatoms. The summed E-state index contributed by atoms with van der Waals surface area (Å²) in [7, 11) is 0. The summed E-state index contributed by atoms with van der Waals surface area (Å²) in [4.78, 5) is 5.00. The highest BCUT2D eigenvalue weighted by molar-refractivity contribution is 6.28. The van der Waals surface area contributed by atoms with Crippen LogP contribution in [0.5, 0.6) is 0 Å². The maximum atomic E-state index is 2.50. The summed E-state index contributed by atoms with van der Waals surface area (Å²) in [5, 5.41) is 7.32. The summed E-state index contributed by atoms with van der Waals surface area (Å²) in [6.45, 7) is 4.40. The molecule has 0 aromatic heterocycles. The van der Waals surface area contributed by atoms with Gasteiger partial charge in [0.05, 0.1) is 22.2 Å². The Hall–Kier alpha value is -10.3. The number of fused-ring (bicyclic) bond motifs is 6. The molecular formula is C80H56N2. The number of nitrogens with zero attached hydrogens (tertiary/aromatic N) is 2. The molecule has 0 atom stereocenters. The van der Waals surface area contributed by atoms with E-state index < -0.39 is 10.8 Å². The fraction of sp³-hybridized carbons (Fsp3) is 0.0500. The van der Waals surface area contributed by atoms with Crippen LogP contribution in [0, 0.1) is 13.8 Å². The second kappa shape index (κ2) is 18.7. The van der Waals surface area contributed by atoms with Crippen LogP contribution in [0.25, 0.3) is 54.6 Å². The second-order valence-corrected chi connectivity index (χ2v) is 22.5. The van der Waals surface area contributed by atoms with Gasteiger partial charge < -0.3 is 9.80 Å². The summed E-state index contributed by atoms with van der Waals surface area (Å²) in [5.41, 5.74) is 23.3. The van der Waals surface area contributed by atoms with Crippen LogP contribution < -0.4 is 9.80 Å². The minimum Gasteiger partial charge on any atom is -0.310 e. The molecule has 0 heterocycles. The Morgan fingerprint density at radius 1 is 0.244 bits per heavy atom. The average molecular weight is 1050 g/mol. The lowest BCUT2D eigenvalue weighted by molar-refractivity contribution is 0.768. The van der Waals surface area contributed by atoms with E-state index in [-0.39, 0.29) is 0 Å². The zero-order chi connectivity index (χ0) is 54.5. The third-order valence-electron chi connectivity index (χ3n) is 18.0. The molecule has 16 rings (SSSR count). The number of hydrogen-bond donors (Lipinski definition) is 0. The summed E-state index contributed by atoms with van der Waals surface area (Å²) in [5.74, 6) is 0. The molecule has 0 unspecified atom stereocenters. The van der Waals surface area contributed by atoms with Crippen LogP contribution in [0.2, 0.25) is 0 Å². The molecule has 2 nitrogen and oxygen atoms in total. The molecular weight excluding hydrogens is 989 g/mol. The normalized spacial score (nSPS) is 13.4. The van der Waals surface area contributed by atoms with Gasteiger partial charge in [0.2, 0.25) is 0 Å². The van der Waals surface area contributed by atoms with E-state index in [9.17, 15) is 0 Å². The molecule has 0 aliphatic heterocycles. The van der Waals surface area contributed by atoms with Crippen molar-refractivity contribution in [1.29, 1.82) is 0 Å². The first-order valence-electron chi connectivity index (χ1n) is 28.7. The van der Waals surface area contributed by atoms with Gasteiger partial charge in [0, 0.05) is 33.5 Å². The van der Waals surface area contributed by atoms with Gasteiger partial charge in [0.15, 0.2) is 0 Å². The standard InChI is InChI=1S/C80H56N2/c1-53-21-17-29-61(49-53)81(63-31-19-27-59(51-63)79(57-23-5-3-6-24-57)71-37-13-9-33-65(71)66-34-10-14-38-72(66)79)75-47-43-55-42-46-70-76(48-44-56-41-45-69(75)77(55)78(56)70)82(62-30-18-22-54(2)50-62)64-32-20-28-60(52-64)80(58-25-7-4-8-26-58)73-39-15-11-35-67(73)68-36-12-16-40-74(68)80/h3-52H,1-2H3. The Morgan fingerprint density at radius 3 is 0.915 bits per heavy atom. The van der Waals surface area contributed by atoms with E-state index in [4.69, 9.17) is 0 Å². The van der Waals surface area contributed by atoms with E-state index in [0.717, 1.165) is 34.1 Å². The molecule has 0 amide bonds. The molecule has 0 spiro atoms. The van der Waals surface area contributed by atoms with Gasteiger partial charge in [-0.25, -0.2) is 0 Å². The van der Waals surface area contributed by atoms with Gasteiger partial charge in [0.1, 0.15) is 0 Å². The van der Waals surface area contributed by atoms with Crippen molar-refractivity contribution in [3.8, 4) is 22.3 Å². The monoisotopic (exact) mass is 1040 g/mol. The molecule has 2 aliphatic carbocycles. The number of benzene rings is 14. The Labute approximate surface area is 479 Å². The summed E-state index contributed by atoms with van der Waals surface area (Å²) in [6.07, 6.45) is 0. The SMILES string of the molecule is Cc1cccc(N(c2cccc(C3(c4ccccc4)c4ccccc4-c4ccccc43)c2)c2ccc3ccc4c(N(c5cccc(C)c5)c5cccc(C6(c7ccccc7)c7ccccc7-c7ccccc76)c5)ccc5ccc2c3c54)c1. The van der Waals surface area contributed by atoms with E-state index >= 15 is 0 Å². The zero-order valence-electron chi connectivity index (χ0n) is 45.8. The lowest BCUT2D eigenvalue weighted by Gasteiger charge is -2.35. The average Bonchev–Trinajstić information content (AvgIpc) is 2.19. The first-order chi connectivity index (χ1) is 40.5. The van der Waals surface area contributed by atoms with E-state index in [1.807, 2.05) is 0 Å². The van der Waals surface area contributed by atoms with E-state index in [1.165, 1.54) is 110 Å². The summed E-state index contributed by atoms with van der Waals surface area (Å²) >= 11 is 0. The first-order valence-corrected chi connectivity index (χ1v) is 28.7. The predicted octanol–water partition coefficient (Wildman–Crippen LogP) is 20.9. The predicted molar refractivity (Wildman–Crippen MR) is 344 cm³/mol. The van der Waals surface area contributed by atoms with Crippen molar-refractivity contribution in [3.05, 3.63) is 359 Å². The van der Waals surface area contributed by atoms with Crippen molar-refractivity contribution in [2.45, 2.75) is 24.7 Å². The molecule has 0 saturated heterocycles. The van der Waals surface area contributed by atoms with Gasteiger partial charge in [-0.1, -0.05) is 243 Å². The van der Waals surface area contributed by atoms with Crippen LogP contribution in [-0.2, 0) is 10.8 Å².